The molecule has 1 N–H and O–H groups in total. The zero-order chi connectivity index (χ0) is 15.7. The summed E-state index contributed by atoms with van der Waals surface area (Å²) in [5.41, 5.74) is 3.77. The van der Waals surface area contributed by atoms with Crippen LogP contribution in [-0.4, -0.2) is 6.54 Å². The van der Waals surface area contributed by atoms with Gasteiger partial charge in [-0.1, -0.05) is 72.2 Å². The molecule has 0 saturated heterocycles. The van der Waals surface area contributed by atoms with Crippen LogP contribution >= 0.6 is 0 Å². The highest BCUT2D eigenvalue weighted by molar-refractivity contribution is 5.30. The van der Waals surface area contributed by atoms with Gasteiger partial charge in [-0.2, -0.15) is 0 Å². The van der Waals surface area contributed by atoms with Crippen LogP contribution in [-0.2, 0) is 6.42 Å². The highest BCUT2D eigenvalue weighted by Crippen LogP contribution is 2.72. The summed E-state index contributed by atoms with van der Waals surface area (Å²) in [7, 11) is 0. The van der Waals surface area contributed by atoms with Crippen molar-refractivity contribution in [1.82, 2.24) is 5.32 Å². The summed E-state index contributed by atoms with van der Waals surface area (Å²) in [6.07, 6.45) is 3.77. The van der Waals surface area contributed by atoms with Gasteiger partial charge in [-0.25, -0.2) is 0 Å². The van der Waals surface area contributed by atoms with Crippen molar-refractivity contribution < 1.29 is 0 Å². The van der Waals surface area contributed by atoms with Crippen LogP contribution in [0.2, 0.25) is 0 Å². The van der Waals surface area contributed by atoms with Crippen LogP contribution < -0.4 is 5.32 Å². The predicted octanol–water partition coefficient (Wildman–Crippen LogP) is 5.36. The normalized spacial score (nSPS) is 21.2. The van der Waals surface area contributed by atoms with Gasteiger partial charge in [0.05, 0.1) is 0 Å². The quantitative estimate of drug-likeness (QED) is 0.711. The predicted molar refractivity (Wildman–Crippen MR) is 92.5 cm³/mol. The number of rotatable bonds is 7. The molecule has 0 amide bonds. The topological polar surface area (TPSA) is 12.0 Å². The smallest absolute Gasteiger partial charge is 0.0359 e. The molecule has 0 heterocycles. The molecule has 1 saturated carbocycles. The number of hydrogen-bond donors (Lipinski definition) is 1. The zero-order valence-corrected chi connectivity index (χ0v) is 14.8. The molecule has 1 atom stereocenters. The summed E-state index contributed by atoms with van der Waals surface area (Å²) < 4.78 is 0. The lowest BCUT2D eigenvalue weighted by Crippen LogP contribution is -2.25. The van der Waals surface area contributed by atoms with E-state index in [1.807, 2.05) is 0 Å². The van der Waals surface area contributed by atoms with Crippen molar-refractivity contribution in [2.75, 3.05) is 6.54 Å². The molecular formula is C20H33N. The van der Waals surface area contributed by atoms with E-state index in [9.17, 15) is 0 Å². The molecule has 2 rings (SSSR count). The van der Waals surface area contributed by atoms with Crippen LogP contribution in [0.4, 0.5) is 0 Å². The molecule has 118 valence electrons. The minimum Gasteiger partial charge on any atom is -0.310 e. The van der Waals surface area contributed by atoms with Gasteiger partial charge in [0.25, 0.3) is 0 Å². The van der Waals surface area contributed by atoms with E-state index in [0.717, 1.165) is 6.54 Å². The van der Waals surface area contributed by atoms with Gasteiger partial charge in [0.15, 0.2) is 0 Å². The van der Waals surface area contributed by atoms with E-state index < -0.39 is 0 Å². The molecule has 1 heteroatoms. The van der Waals surface area contributed by atoms with Crippen LogP contribution in [0.5, 0.6) is 0 Å². The van der Waals surface area contributed by atoms with Gasteiger partial charge in [0.2, 0.25) is 0 Å². The molecule has 1 fully saturated rings. The van der Waals surface area contributed by atoms with Crippen LogP contribution in [0.25, 0.3) is 0 Å². The second-order valence-corrected chi connectivity index (χ2v) is 7.80. The summed E-state index contributed by atoms with van der Waals surface area (Å²) in [6, 6.07) is 9.85. The van der Waals surface area contributed by atoms with Gasteiger partial charge < -0.3 is 5.32 Å². The Morgan fingerprint density at radius 2 is 1.57 bits per heavy atom. The minimum absolute atomic E-state index is 0.417. The second-order valence-electron chi connectivity index (χ2n) is 7.80. The van der Waals surface area contributed by atoms with Crippen molar-refractivity contribution in [2.45, 2.75) is 66.8 Å². The highest BCUT2D eigenvalue weighted by Gasteiger charge is 2.67. The maximum absolute atomic E-state index is 3.73. The van der Waals surface area contributed by atoms with E-state index in [1.54, 1.807) is 0 Å². The van der Waals surface area contributed by atoms with Crippen molar-refractivity contribution in [3.8, 4) is 0 Å². The van der Waals surface area contributed by atoms with Crippen molar-refractivity contribution in [3.63, 3.8) is 0 Å². The Kier molecular flexibility index (Phi) is 4.82. The average Bonchev–Trinajstić information content (AvgIpc) is 2.85. The molecule has 0 spiro atoms. The van der Waals surface area contributed by atoms with Gasteiger partial charge in [-0.05, 0) is 47.3 Å². The molecule has 21 heavy (non-hydrogen) atoms. The first-order valence-electron chi connectivity index (χ1n) is 8.68. The first-order chi connectivity index (χ1) is 9.86. The molecule has 0 aliphatic heterocycles. The fourth-order valence-electron chi connectivity index (χ4n) is 4.00. The summed E-state index contributed by atoms with van der Waals surface area (Å²) in [5.74, 6) is 0.714. The van der Waals surface area contributed by atoms with E-state index in [1.165, 1.54) is 30.4 Å². The van der Waals surface area contributed by atoms with E-state index in [-0.39, 0.29) is 0 Å². The summed E-state index contributed by atoms with van der Waals surface area (Å²) >= 11 is 0. The third-order valence-corrected chi connectivity index (χ3v) is 6.05. The van der Waals surface area contributed by atoms with Crippen LogP contribution in [0.3, 0.4) is 0 Å². The van der Waals surface area contributed by atoms with Crippen LogP contribution in [0.15, 0.2) is 24.3 Å². The molecule has 1 aromatic carbocycles. The fourth-order valence-corrected chi connectivity index (χ4v) is 4.00. The number of benzene rings is 1. The van der Waals surface area contributed by atoms with Gasteiger partial charge in [-0.3, -0.25) is 0 Å². The van der Waals surface area contributed by atoms with E-state index >= 15 is 0 Å². The Labute approximate surface area is 131 Å². The van der Waals surface area contributed by atoms with Gasteiger partial charge >= 0.3 is 0 Å². The van der Waals surface area contributed by atoms with Crippen molar-refractivity contribution in [2.24, 2.45) is 16.7 Å². The number of hydrogen-bond acceptors (Lipinski definition) is 1. The molecule has 1 aromatic rings. The standard InChI is InChI=1S/C20H33N/c1-7-9-10-15-11-13-16(14-12-15)17(21-8-2)18-19(3,4)20(18,5)6/h11-14,17-18,21H,7-10H2,1-6H3. The molecule has 1 unspecified atom stereocenters. The van der Waals surface area contributed by atoms with Crippen molar-refractivity contribution in [1.29, 1.82) is 0 Å². The average molecular weight is 287 g/mol. The highest BCUT2D eigenvalue weighted by atomic mass is 15.0. The minimum atomic E-state index is 0.417. The Morgan fingerprint density at radius 3 is 2.00 bits per heavy atom. The Bertz CT molecular complexity index is 441. The third kappa shape index (κ3) is 3.04. The van der Waals surface area contributed by atoms with Gasteiger partial charge in [0, 0.05) is 6.04 Å². The molecular weight excluding hydrogens is 254 g/mol. The molecule has 1 aliphatic rings. The zero-order valence-electron chi connectivity index (χ0n) is 14.8. The number of nitrogens with one attached hydrogen (secondary N) is 1. The van der Waals surface area contributed by atoms with Gasteiger partial charge in [0.1, 0.15) is 0 Å². The van der Waals surface area contributed by atoms with Gasteiger partial charge in [-0.15, -0.1) is 0 Å². The molecule has 1 aliphatic carbocycles. The number of unbranched alkanes of at least 4 members (excludes halogenated alkanes) is 1. The fraction of sp³-hybridized carbons (Fsp3) is 0.700. The lowest BCUT2D eigenvalue weighted by Gasteiger charge is -2.21. The molecule has 0 aromatic heterocycles. The van der Waals surface area contributed by atoms with E-state index in [0.29, 0.717) is 22.8 Å². The lowest BCUT2D eigenvalue weighted by atomic mass is 9.95. The largest absolute Gasteiger partial charge is 0.310 e. The summed E-state index contributed by atoms with van der Waals surface area (Å²) in [5, 5.41) is 3.73. The monoisotopic (exact) mass is 287 g/mol. The third-order valence-electron chi connectivity index (χ3n) is 6.05. The molecule has 1 nitrogen and oxygen atoms in total. The molecule has 0 radical (unpaired) electrons. The SMILES string of the molecule is CCCCc1ccc(C(NCC)C2C(C)(C)C2(C)C)cc1. The van der Waals surface area contributed by atoms with E-state index in [2.05, 4.69) is 71.1 Å². The van der Waals surface area contributed by atoms with Crippen molar-refractivity contribution >= 4 is 0 Å². The maximum Gasteiger partial charge on any atom is 0.0359 e. The second kappa shape index (κ2) is 6.12. The maximum atomic E-state index is 3.73. The molecule has 0 bridgehead atoms. The summed E-state index contributed by atoms with van der Waals surface area (Å²) in [4.78, 5) is 0. The summed E-state index contributed by atoms with van der Waals surface area (Å²) in [6.45, 7) is 15.2. The van der Waals surface area contributed by atoms with Crippen molar-refractivity contribution in [3.05, 3.63) is 35.4 Å². The van der Waals surface area contributed by atoms with E-state index in [4.69, 9.17) is 0 Å². The van der Waals surface area contributed by atoms with Crippen LogP contribution in [0, 0.1) is 16.7 Å². The first kappa shape index (κ1) is 16.5. The Morgan fingerprint density at radius 1 is 1.00 bits per heavy atom. The lowest BCUT2D eigenvalue weighted by molar-refractivity contribution is 0.418. The van der Waals surface area contributed by atoms with Crippen LogP contribution in [0.1, 0.15) is 71.6 Å². The Balaban J connectivity index is 2.16. The number of aryl methyl sites for hydroxylation is 1. The Hall–Kier alpha value is -0.820. The first-order valence-corrected chi connectivity index (χ1v) is 8.68.